The lowest BCUT2D eigenvalue weighted by Crippen LogP contribution is -2.21. The van der Waals surface area contributed by atoms with Crippen LogP contribution in [0.15, 0.2) is 48.7 Å². The van der Waals surface area contributed by atoms with E-state index in [4.69, 9.17) is 16.3 Å². The number of methoxy groups -OCH3 is 1. The molecule has 1 aromatic carbocycles. The first-order chi connectivity index (χ1) is 10.1. The van der Waals surface area contributed by atoms with Crippen LogP contribution in [0.4, 0.5) is 0 Å². The molecule has 0 fully saturated rings. The minimum absolute atomic E-state index is 0.0131. The predicted molar refractivity (Wildman–Crippen MR) is 75.9 cm³/mol. The summed E-state index contributed by atoms with van der Waals surface area (Å²) in [6, 6.07) is 11.6. The van der Waals surface area contributed by atoms with Gasteiger partial charge < -0.3 is 9.47 Å². The minimum Gasteiger partial charge on any atom is -0.466 e. The van der Waals surface area contributed by atoms with E-state index in [1.807, 2.05) is 0 Å². The van der Waals surface area contributed by atoms with Crippen LogP contribution in [-0.4, -0.2) is 24.0 Å². The lowest BCUT2D eigenvalue weighted by atomic mass is 10.1. The van der Waals surface area contributed by atoms with Crippen molar-refractivity contribution in [2.24, 2.45) is 0 Å². The molecule has 0 aliphatic carbocycles. The minimum atomic E-state index is -1.15. The Morgan fingerprint density at radius 2 is 1.86 bits per heavy atom. The smallest absolute Gasteiger partial charge is 0.351 e. The molecule has 0 N–H and O–H groups in total. The van der Waals surface area contributed by atoms with Gasteiger partial charge in [-0.25, -0.2) is 14.6 Å². The maximum absolute atomic E-state index is 12.1. The highest BCUT2D eigenvalue weighted by molar-refractivity contribution is 6.32. The van der Waals surface area contributed by atoms with Crippen molar-refractivity contribution in [3.63, 3.8) is 0 Å². The van der Waals surface area contributed by atoms with Gasteiger partial charge in [0.05, 0.1) is 12.7 Å². The molecule has 0 saturated heterocycles. The van der Waals surface area contributed by atoms with Crippen LogP contribution in [0.1, 0.15) is 22.0 Å². The third-order valence-electron chi connectivity index (χ3n) is 2.72. The maximum Gasteiger partial charge on any atom is 0.351 e. The van der Waals surface area contributed by atoms with Crippen LogP contribution in [0, 0.1) is 0 Å². The Labute approximate surface area is 126 Å². The number of hydrogen-bond acceptors (Lipinski definition) is 5. The van der Waals surface area contributed by atoms with Crippen molar-refractivity contribution in [1.82, 2.24) is 4.98 Å². The van der Waals surface area contributed by atoms with Crippen LogP contribution >= 0.6 is 11.6 Å². The fourth-order valence-corrected chi connectivity index (χ4v) is 1.89. The van der Waals surface area contributed by atoms with E-state index in [-0.39, 0.29) is 10.7 Å². The molecule has 0 aliphatic rings. The maximum atomic E-state index is 12.1. The van der Waals surface area contributed by atoms with Crippen molar-refractivity contribution in [2.45, 2.75) is 6.10 Å². The summed E-state index contributed by atoms with van der Waals surface area (Å²) in [7, 11) is 1.23. The average molecular weight is 306 g/mol. The molecule has 2 rings (SSSR count). The van der Waals surface area contributed by atoms with Crippen LogP contribution in [-0.2, 0) is 14.3 Å². The molecule has 21 heavy (non-hydrogen) atoms. The monoisotopic (exact) mass is 305 g/mol. The number of aromatic nitrogens is 1. The van der Waals surface area contributed by atoms with Gasteiger partial charge >= 0.3 is 11.9 Å². The second kappa shape index (κ2) is 6.85. The molecule has 6 heteroatoms. The number of hydrogen-bond donors (Lipinski definition) is 0. The summed E-state index contributed by atoms with van der Waals surface area (Å²) in [6.45, 7) is 0. The summed E-state index contributed by atoms with van der Waals surface area (Å²) < 4.78 is 9.89. The molecule has 108 valence electrons. The molecule has 1 heterocycles. The number of rotatable bonds is 4. The third kappa shape index (κ3) is 3.58. The van der Waals surface area contributed by atoms with Crippen LogP contribution < -0.4 is 0 Å². The molecule has 2 aromatic rings. The van der Waals surface area contributed by atoms with E-state index >= 15 is 0 Å². The topological polar surface area (TPSA) is 65.5 Å². The number of halogens is 1. The molecular formula is C15H12ClNO4. The summed E-state index contributed by atoms with van der Waals surface area (Å²) >= 11 is 5.83. The van der Waals surface area contributed by atoms with Gasteiger partial charge in [0.2, 0.25) is 6.10 Å². The normalized spacial score (nSPS) is 11.5. The lowest BCUT2D eigenvalue weighted by Gasteiger charge is -2.16. The Kier molecular flexibility index (Phi) is 4.90. The Morgan fingerprint density at radius 3 is 2.48 bits per heavy atom. The lowest BCUT2D eigenvalue weighted by molar-refractivity contribution is -0.151. The molecular weight excluding hydrogens is 294 g/mol. The van der Waals surface area contributed by atoms with Gasteiger partial charge in [-0.2, -0.15) is 0 Å². The highest BCUT2D eigenvalue weighted by Crippen LogP contribution is 2.22. The van der Waals surface area contributed by atoms with Gasteiger partial charge in [-0.3, -0.25) is 0 Å². The van der Waals surface area contributed by atoms with Crippen LogP contribution in [0.2, 0.25) is 5.15 Å². The van der Waals surface area contributed by atoms with Gasteiger partial charge in [0.25, 0.3) is 0 Å². The zero-order chi connectivity index (χ0) is 15.2. The molecule has 0 radical (unpaired) electrons. The first-order valence-electron chi connectivity index (χ1n) is 6.07. The van der Waals surface area contributed by atoms with Gasteiger partial charge in [0.1, 0.15) is 5.15 Å². The summed E-state index contributed by atoms with van der Waals surface area (Å²) in [5, 5.41) is 0.0131. The van der Waals surface area contributed by atoms with Gasteiger partial charge in [0.15, 0.2) is 0 Å². The van der Waals surface area contributed by atoms with Crippen molar-refractivity contribution in [2.75, 3.05) is 7.11 Å². The third-order valence-corrected chi connectivity index (χ3v) is 3.02. The summed E-state index contributed by atoms with van der Waals surface area (Å²) in [5.41, 5.74) is 0.599. The second-order valence-electron chi connectivity index (χ2n) is 4.06. The van der Waals surface area contributed by atoms with E-state index in [0.717, 1.165) is 0 Å². The van der Waals surface area contributed by atoms with Crippen molar-refractivity contribution in [1.29, 1.82) is 0 Å². The van der Waals surface area contributed by atoms with Crippen molar-refractivity contribution in [3.8, 4) is 0 Å². The molecule has 0 saturated carbocycles. The Bertz CT molecular complexity index is 645. The summed E-state index contributed by atoms with van der Waals surface area (Å²) in [6.07, 6.45) is 0.300. The number of pyridine rings is 1. The summed E-state index contributed by atoms with van der Waals surface area (Å²) in [5.74, 6) is -1.41. The van der Waals surface area contributed by atoms with Crippen molar-refractivity contribution >= 4 is 23.5 Å². The first kappa shape index (κ1) is 15.0. The van der Waals surface area contributed by atoms with Crippen molar-refractivity contribution in [3.05, 3.63) is 64.9 Å². The van der Waals surface area contributed by atoms with Crippen LogP contribution in [0.25, 0.3) is 0 Å². The number of esters is 2. The van der Waals surface area contributed by atoms with Gasteiger partial charge in [-0.05, 0) is 12.1 Å². The van der Waals surface area contributed by atoms with Gasteiger partial charge in [-0.15, -0.1) is 0 Å². The van der Waals surface area contributed by atoms with E-state index in [2.05, 4.69) is 9.72 Å². The second-order valence-corrected chi connectivity index (χ2v) is 4.42. The van der Waals surface area contributed by atoms with Crippen LogP contribution in [0.3, 0.4) is 0 Å². The zero-order valence-electron chi connectivity index (χ0n) is 11.2. The van der Waals surface area contributed by atoms with Crippen molar-refractivity contribution < 1.29 is 19.1 Å². The van der Waals surface area contributed by atoms with Crippen LogP contribution in [0.5, 0.6) is 0 Å². The number of ether oxygens (including phenoxy) is 2. The summed E-state index contributed by atoms with van der Waals surface area (Å²) in [4.78, 5) is 27.7. The van der Waals surface area contributed by atoms with Gasteiger partial charge in [-0.1, -0.05) is 41.9 Å². The molecule has 1 aromatic heterocycles. The molecule has 5 nitrogen and oxygen atoms in total. The molecule has 0 bridgehead atoms. The number of carbonyl (C=O) groups is 2. The molecule has 1 atom stereocenters. The SMILES string of the molecule is COC(=O)C(OC(=O)c1cccnc1Cl)c1ccccc1. The van der Waals surface area contributed by atoms with E-state index in [1.54, 1.807) is 36.4 Å². The van der Waals surface area contributed by atoms with E-state index < -0.39 is 18.0 Å². The fraction of sp³-hybridized carbons (Fsp3) is 0.133. The largest absolute Gasteiger partial charge is 0.466 e. The molecule has 1 unspecified atom stereocenters. The van der Waals surface area contributed by atoms with E-state index in [0.29, 0.717) is 5.56 Å². The Balaban J connectivity index is 2.26. The highest BCUT2D eigenvalue weighted by Gasteiger charge is 2.27. The van der Waals surface area contributed by atoms with E-state index in [9.17, 15) is 9.59 Å². The fourth-order valence-electron chi connectivity index (χ4n) is 1.70. The number of nitrogens with zero attached hydrogens (tertiary/aromatic N) is 1. The first-order valence-corrected chi connectivity index (χ1v) is 6.45. The zero-order valence-corrected chi connectivity index (χ0v) is 11.9. The Morgan fingerprint density at radius 1 is 1.14 bits per heavy atom. The highest BCUT2D eigenvalue weighted by atomic mass is 35.5. The van der Waals surface area contributed by atoms with E-state index in [1.165, 1.54) is 19.4 Å². The quantitative estimate of drug-likeness (QED) is 0.642. The number of benzene rings is 1. The number of carbonyl (C=O) groups excluding carboxylic acids is 2. The van der Waals surface area contributed by atoms with Gasteiger partial charge in [0, 0.05) is 11.8 Å². The molecule has 0 aliphatic heterocycles. The standard InChI is InChI=1S/C15H12ClNO4/c1-20-15(19)12(10-6-3-2-4-7-10)21-14(18)11-8-5-9-17-13(11)16/h2-9,12H,1H3. The Hall–Kier alpha value is -2.40. The average Bonchev–Trinajstić information content (AvgIpc) is 2.53. The molecule has 0 amide bonds. The predicted octanol–water partition coefficient (Wildman–Crippen LogP) is 2.81. The molecule has 0 spiro atoms.